The molecule has 0 N–H and O–H groups in total. The van der Waals surface area contributed by atoms with Gasteiger partial charge in [-0.15, -0.1) is 0 Å². The van der Waals surface area contributed by atoms with Gasteiger partial charge in [-0.2, -0.15) is 0 Å². The molecule has 42 heavy (non-hydrogen) atoms. The number of carbonyl (C=O) groups is 3. The van der Waals surface area contributed by atoms with Crippen molar-refractivity contribution < 1.29 is 14.4 Å². The molecule has 4 fully saturated rings. The number of hydrogen-bond donors (Lipinski definition) is 0. The van der Waals surface area contributed by atoms with Gasteiger partial charge in [0.25, 0.3) is 11.8 Å². The Labute approximate surface area is 249 Å². The average Bonchev–Trinajstić information content (AvgIpc) is 2.99. The van der Waals surface area contributed by atoms with Crippen molar-refractivity contribution in [2.75, 3.05) is 91.6 Å². The standard InChI is InChI=1S/C33H44N6O3/c40-31(29(36-13-7-14-36)25-34-17-21-38(22-18-34)32(41)27-9-3-1-4-10-27)30(37-15-8-16-37)26-35-19-23-39(24-20-35)33(42)28-11-5-2-6-12-28/h1-6,9-12,29-30H,7-8,13-26H2. The number of likely N-dealkylation sites (tertiary alicyclic amines) is 2. The van der Waals surface area contributed by atoms with E-state index in [1.807, 2.05) is 70.5 Å². The van der Waals surface area contributed by atoms with Crippen LogP contribution in [-0.4, -0.2) is 151 Å². The van der Waals surface area contributed by atoms with Crippen LogP contribution in [0.3, 0.4) is 0 Å². The summed E-state index contributed by atoms with van der Waals surface area (Å²) < 4.78 is 0. The summed E-state index contributed by atoms with van der Waals surface area (Å²) in [6.45, 7) is 11.3. The normalized spacial score (nSPS) is 22.2. The van der Waals surface area contributed by atoms with Crippen LogP contribution in [0.5, 0.6) is 0 Å². The van der Waals surface area contributed by atoms with E-state index in [1.165, 1.54) is 0 Å². The molecule has 0 saturated carbocycles. The number of Topliss-reactive ketones (excluding diaryl/α,β-unsaturated/α-hetero) is 1. The van der Waals surface area contributed by atoms with Crippen LogP contribution in [0.2, 0.25) is 0 Å². The fourth-order valence-corrected chi connectivity index (χ4v) is 6.58. The summed E-state index contributed by atoms with van der Waals surface area (Å²) in [6.07, 6.45) is 2.30. The van der Waals surface area contributed by atoms with Crippen molar-refractivity contribution in [3.8, 4) is 0 Å². The van der Waals surface area contributed by atoms with Gasteiger partial charge in [-0.05, 0) is 37.1 Å². The minimum atomic E-state index is -0.110. The zero-order chi connectivity index (χ0) is 28.9. The number of nitrogens with zero attached hydrogens (tertiary/aromatic N) is 6. The number of piperazine rings is 2. The lowest BCUT2D eigenvalue weighted by atomic mass is 9.95. The topological polar surface area (TPSA) is 70.7 Å². The van der Waals surface area contributed by atoms with Gasteiger partial charge < -0.3 is 9.80 Å². The summed E-state index contributed by atoms with van der Waals surface area (Å²) in [5, 5.41) is 0. The Morgan fingerprint density at radius 3 is 1.17 bits per heavy atom. The molecule has 4 saturated heterocycles. The first-order valence-corrected chi connectivity index (χ1v) is 15.7. The Morgan fingerprint density at radius 1 is 0.500 bits per heavy atom. The smallest absolute Gasteiger partial charge is 0.253 e. The molecule has 0 aromatic heterocycles. The maximum Gasteiger partial charge on any atom is 0.253 e. The summed E-state index contributed by atoms with van der Waals surface area (Å²) in [5.74, 6) is 0.531. The van der Waals surface area contributed by atoms with E-state index in [1.54, 1.807) is 0 Å². The predicted octanol–water partition coefficient (Wildman–Crippen LogP) is 1.62. The fraction of sp³-hybridized carbons (Fsp3) is 0.545. The third-order valence-electron chi connectivity index (χ3n) is 9.54. The lowest BCUT2D eigenvalue weighted by molar-refractivity contribution is -0.135. The molecular weight excluding hydrogens is 528 g/mol. The Morgan fingerprint density at radius 2 is 0.857 bits per heavy atom. The monoisotopic (exact) mass is 572 g/mol. The molecule has 0 bridgehead atoms. The number of ketones is 1. The molecule has 9 nitrogen and oxygen atoms in total. The molecule has 224 valence electrons. The van der Waals surface area contributed by atoms with Gasteiger partial charge in [-0.1, -0.05) is 36.4 Å². The van der Waals surface area contributed by atoms with Gasteiger partial charge in [0.05, 0.1) is 12.1 Å². The van der Waals surface area contributed by atoms with Crippen LogP contribution < -0.4 is 0 Å². The van der Waals surface area contributed by atoms with Gasteiger partial charge in [0.15, 0.2) is 5.78 Å². The highest BCUT2D eigenvalue weighted by Crippen LogP contribution is 2.22. The van der Waals surface area contributed by atoms with Crippen LogP contribution in [0.25, 0.3) is 0 Å². The summed E-state index contributed by atoms with van der Waals surface area (Å²) in [4.78, 5) is 53.6. The fourth-order valence-electron chi connectivity index (χ4n) is 6.58. The van der Waals surface area contributed by atoms with E-state index >= 15 is 0 Å². The first-order valence-electron chi connectivity index (χ1n) is 15.7. The lowest BCUT2D eigenvalue weighted by Gasteiger charge is -2.47. The highest BCUT2D eigenvalue weighted by Gasteiger charge is 2.40. The number of rotatable bonds is 10. The third-order valence-corrected chi connectivity index (χ3v) is 9.54. The van der Waals surface area contributed by atoms with Crippen LogP contribution in [-0.2, 0) is 4.79 Å². The van der Waals surface area contributed by atoms with Gasteiger partial charge in [0.1, 0.15) is 0 Å². The SMILES string of the molecule is O=C(C(CN1CCN(C(=O)c2ccccc2)CC1)N1CCC1)C(CN1CCN(C(=O)c2ccccc2)CC1)N1CCC1. The Balaban J connectivity index is 1.05. The van der Waals surface area contributed by atoms with E-state index in [-0.39, 0.29) is 23.9 Å². The Kier molecular flexibility index (Phi) is 9.29. The Bertz CT molecular complexity index is 1110. The highest BCUT2D eigenvalue weighted by molar-refractivity contribution is 5.95. The van der Waals surface area contributed by atoms with E-state index < -0.39 is 0 Å². The Hall–Kier alpha value is -3.11. The van der Waals surface area contributed by atoms with Gasteiger partial charge in [-0.25, -0.2) is 0 Å². The van der Waals surface area contributed by atoms with Crippen molar-refractivity contribution in [1.29, 1.82) is 0 Å². The van der Waals surface area contributed by atoms with Gasteiger partial charge in [-0.3, -0.25) is 34.0 Å². The minimum Gasteiger partial charge on any atom is -0.336 e. The van der Waals surface area contributed by atoms with Crippen LogP contribution in [0.15, 0.2) is 60.7 Å². The van der Waals surface area contributed by atoms with Crippen molar-refractivity contribution in [3.63, 3.8) is 0 Å². The van der Waals surface area contributed by atoms with Crippen molar-refractivity contribution >= 4 is 17.6 Å². The second-order valence-corrected chi connectivity index (χ2v) is 12.1. The third kappa shape index (κ3) is 6.59. The zero-order valence-electron chi connectivity index (χ0n) is 24.6. The largest absolute Gasteiger partial charge is 0.336 e. The molecule has 0 aliphatic carbocycles. The van der Waals surface area contributed by atoms with Crippen molar-refractivity contribution in [3.05, 3.63) is 71.8 Å². The summed E-state index contributed by atoms with van der Waals surface area (Å²) >= 11 is 0. The molecular formula is C33H44N6O3. The molecule has 9 heteroatoms. The highest BCUT2D eigenvalue weighted by atomic mass is 16.2. The van der Waals surface area contributed by atoms with Crippen molar-refractivity contribution in [2.45, 2.75) is 24.9 Å². The molecule has 2 atom stereocenters. The van der Waals surface area contributed by atoms with E-state index in [0.717, 1.165) is 89.4 Å². The molecule has 4 aliphatic heterocycles. The molecule has 4 heterocycles. The number of benzene rings is 2. The van der Waals surface area contributed by atoms with Crippen molar-refractivity contribution in [2.24, 2.45) is 0 Å². The van der Waals surface area contributed by atoms with Gasteiger partial charge >= 0.3 is 0 Å². The second kappa shape index (κ2) is 13.5. The lowest BCUT2D eigenvalue weighted by Crippen LogP contribution is -2.64. The first kappa shape index (κ1) is 29.0. The molecule has 2 amide bonds. The van der Waals surface area contributed by atoms with Gasteiger partial charge in [0.2, 0.25) is 0 Å². The quantitative estimate of drug-likeness (QED) is 0.429. The molecule has 2 unspecified atom stereocenters. The number of hydrogen-bond acceptors (Lipinski definition) is 7. The van der Waals surface area contributed by atoms with Crippen molar-refractivity contribution in [1.82, 2.24) is 29.4 Å². The molecule has 4 aliphatic rings. The van der Waals surface area contributed by atoms with Crippen LogP contribution in [0.4, 0.5) is 0 Å². The molecule has 2 aromatic rings. The number of carbonyl (C=O) groups excluding carboxylic acids is 3. The van der Waals surface area contributed by atoms with E-state index in [0.29, 0.717) is 32.0 Å². The van der Waals surface area contributed by atoms with Gasteiger partial charge in [0, 0.05) is 103 Å². The zero-order valence-corrected chi connectivity index (χ0v) is 24.6. The maximum absolute atomic E-state index is 14.3. The van der Waals surface area contributed by atoms with E-state index in [4.69, 9.17) is 0 Å². The molecule has 0 spiro atoms. The summed E-state index contributed by atoms with van der Waals surface area (Å²) in [7, 11) is 0. The summed E-state index contributed by atoms with van der Waals surface area (Å²) in [6, 6.07) is 18.8. The minimum absolute atomic E-state index is 0.0917. The van der Waals surface area contributed by atoms with Crippen LogP contribution in [0.1, 0.15) is 33.6 Å². The molecule has 2 aromatic carbocycles. The van der Waals surface area contributed by atoms with E-state index in [9.17, 15) is 14.4 Å². The second-order valence-electron chi connectivity index (χ2n) is 12.1. The first-order chi connectivity index (χ1) is 20.6. The summed E-state index contributed by atoms with van der Waals surface area (Å²) in [5.41, 5.74) is 1.48. The van der Waals surface area contributed by atoms with E-state index in [2.05, 4.69) is 19.6 Å². The van der Waals surface area contributed by atoms with Crippen LogP contribution in [0, 0.1) is 0 Å². The average molecular weight is 573 g/mol. The molecule has 6 rings (SSSR count). The predicted molar refractivity (Wildman–Crippen MR) is 163 cm³/mol. The van der Waals surface area contributed by atoms with Crippen LogP contribution >= 0.6 is 0 Å². The maximum atomic E-state index is 14.3. The number of amides is 2. The molecule has 0 radical (unpaired) electrons.